The van der Waals surface area contributed by atoms with E-state index in [0.717, 1.165) is 12.0 Å². The predicted octanol–water partition coefficient (Wildman–Crippen LogP) is 1.73. The molecule has 0 amide bonds. The van der Waals surface area contributed by atoms with Crippen LogP contribution in [0.15, 0.2) is 18.2 Å². The van der Waals surface area contributed by atoms with Crippen molar-refractivity contribution in [2.75, 3.05) is 13.2 Å². The fraction of sp³-hybridized carbons (Fsp3) is 0.462. The number of benzene rings is 1. The number of nitro benzene ring substituents is 1. The van der Waals surface area contributed by atoms with Crippen LogP contribution >= 0.6 is 0 Å². The lowest BCUT2D eigenvalue weighted by molar-refractivity contribution is -0.385. The lowest BCUT2D eigenvalue weighted by Crippen LogP contribution is -2.41. The zero-order chi connectivity index (χ0) is 15.1. The smallest absolute Gasteiger partial charge is 0.324 e. The van der Waals surface area contributed by atoms with Crippen LogP contribution in [0.25, 0.3) is 0 Å². The number of aliphatic carboxylic acids is 1. The fourth-order valence-corrected chi connectivity index (χ4v) is 1.60. The summed E-state index contributed by atoms with van der Waals surface area (Å²) < 4.78 is 5.31. The number of aryl methyl sites for hydroxylation is 1. The Morgan fingerprint density at radius 1 is 1.55 bits per heavy atom. The van der Waals surface area contributed by atoms with Gasteiger partial charge in [0.25, 0.3) is 0 Å². The van der Waals surface area contributed by atoms with Gasteiger partial charge in [0, 0.05) is 6.07 Å². The van der Waals surface area contributed by atoms with Gasteiger partial charge in [-0.3, -0.25) is 14.9 Å². The molecule has 7 heteroatoms. The van der Waals surface area contributed by atoms with Crippen LogP contribution in [0.4, 0.5) is 5.69 Å². The number of ether oxygens (including phenoxy) is 1. The molecule has 20 heavy (non-hydrogen) atoms. The largest absolute Gasteiger partial charge is 0.485 e. The third-order valence-electron chi connectivity index (χ3n) is 2.66. The average Bonchev–Trinajstić information content (AvgIpc) is 2.38. The topological polar surface area (TPSA) is 102 Å². The molecule has 7 nitrogen and oxygen atoms in total. The summed E-state index contributed by atoms with van der Waals surface area (Å²) in [5.41, 5.74) is 0.634. The lowest BCUT2D eigenvalue weighted by Gasteiger charge is -2.15. The number of carbonyl (C=O) groups is 1. The summed E-state index contributed by atoms with van der Waals surface area (Å²) in [6.45, 7) is 4.06. The summed E-state index contributed by atoms with van der Waals surface area (Å²) in [7, 11) is 0. The maximum Gasteiger partial charge on any atom is 0.324 e. The molecular weight excluding hydrogens is 264 g/mol. The predicted molar refractivity (Wildman–Crippen MR) is 73.0 cm³/mol. The van der Waals surface area contributed by atoms with E-state index in [4.69, 9.17) is 9.84 Å². The second kappa shape index (κ2) is 7.44. The van der Waals surface area contributed by atoms with Gasteiger partial charge >= 0.3 is 11.7 Å². The number of hydrogen-bond acceptors (Lipinski definition) is 5. The normalized spacial score (nSPS) is 11.9. The summed E-state index contributed by atoms with van der Waals surface area (Å²) in [6.07, 6.45) is 0.786. The van der Waals surface area contributed by atoms with Crippen molar-refractivity contribution in [2.24, 2.45) is 0 Å². The summed E-state index contributed by atoms with van der Waals surface area (Å²) in [5.74, 6) is -0.965. The van der Waals surface area contributed by atoms with Crippen LogP contribution in [0, 0.1) is 17.0 Å². The molecule has 1 rings (SSSR count). The molecule has 110 valence electrons. The van der Waals surface area contributed by atoms with E-state index in [-0.39, 0.29) is 18.0 Å². The van der Waals surface area contributed by atoms with Gasteiger partial charge < -0.3 is 15.2 Å². The van der Waals surface area contributed by atoms with Crippen LogP contribution in [0.2, 0.25) is 0 Å². The van der Waals surface area contributed by atoms with Crippen molar-refractivity contribution in [3.05, 3.63) is 33.9 Å². The van der Waals surface area contributed by atoms with Gasteiger partial charge in [0.1, 0.15) is 12.6 Å². The first-order valence-electron chi connectivity index (χ1n) is 6.29. The number of carboxylic acid groups (broad SMARTS) is 1. The van der Waals surface area contributed by atoms with Gasteiger partial charge in [-0.25, -0.2) is 0 Å². The molecule has 0 aromatic heterocycles. The number of carboxylic acids is 1. The number of hydrogen-bond donors (Lipinski definition) is 2. The Kier molecular flexibility index (Phi) is 5.92. The maximum absolute atomic E-state index is 11.0. The molecule has 1 aromatic rings. The SMILES string of the molecule is CCCNC(COc1cc(C)ccc1[N+](=O)[O-])C(=O)O. The average molecular weight is 282 g/mol. The Bertz CT molecular complexity index is 490. The molecule has 1 atom stereocenters. The summed E-state index contributed by atoms with van der Waals surface area (Å²) >= 11 is 0. The van der Waals surface area contributed by atoms with E-state index in [1.165, 1.54) is 12.1 Å². The van der Waals surface area contributed by atoms with Crippen molar-refractivity contribution in [1.82, 2.24) is 5.32 Å². The molecule has 0 saturated carbocycles. The van der Waals surface area contributed by atoms with E-state index in [0.29, 0.717) is 6.54 Å². The van der Waals surface area contributed by atoms with E-state index in [2.05, 4.69) is 5.32 Å². The van der Waals surface area contributed by atoms with Gasteiger partial charge in [0.05, 0.1) is 4.92 Å². The molecule has 0 spiro atoms. The minimum Gasteiger partial charge on any atom is -0.485 e. The zero-order valence-electron chi connectivity index (χ0n) is 11.5. The van der Waals surface area contributed by atoms with Crippen molar-refractivity contribution in [2.45, 2.75) is 26.3 Å². The third kappa shape index (κ3) is 4.51. The molecule has 0 bridgehead atoms. The number of nitrogens with one attached hydrogen (secondary N) is 1. The Balaban J connectivity index is 2.79. The molecular formula is C13H18N2O5. The van der Waals surface area contributed by atoms with Crippen LogP contribution in [0.1, 0.15) is 18.9 Å². The number of nitrogens with zero attached hydrogens (tertiary/aromatic N) is 1. The van der Waals surface area contributed by atoms with E-state index in [1.54, 1.807) is 13.0 Å². The third-order valence-corrected chi connectivity index (χ3v) is 2.66. The van der Waals surface area contributed by atoms with Crippen LogP contribution < -0.4 is 10.1 Å². The second-order valence-corrected chi connectivity index (χ2v) is 4.38. The molecule has 0 radical (unpaired) electrons. The fourth-order valence-electron chi connectivity index (χ4n) is 1.60. The Morgan fingerprint density at radius 3 is 2.80 bits per heavy atom. The minimum absolute atomic E-state index is 0.0829. The monoisotopic (exact) mass is 282 g/mol. The highest BCUT2D eigenvalue weighted by atomic mass is 16.6. The van der Waals surface area contributed by atoms with Crippen molar-refractivity contribution < 1.29 is 19.6 Å². The maximum atomic E-state index is 11.0. The van der Waals surface area contributed by atoms with Crippen molar-refractivity contribution in [3.63, 3.8) is 0 Å². The molecule has 0 saturated heterocycles. The molecule has 0 aliphatic carbocycles. The first-order valence-corrected chi connectivity index (χ1v) is 6.29. The van der Waals surface area contributed by atoms with Crippen LogP contribution in [0.5, 0.6) is 5.75 Å². The van der Waals surface area contributed by atoms with Gasteiger partial charge in [0.15, 0.2) is 5.75 Å². The van der Waals surface area contributed by atoms with Crippen LogP contribution in [-0.2, 0) is 4.79 Å². The molecule has 1 aromatic carbocycles. The van der Waals surface area contributed by atoms with Crippen molar-refractivity contribution in [3.8, 4) is 5.75 Å². The van der Waals surface area contributed by atoms with Gasteiger partial charge in [-0.05, 0) is 31.5 Å². The Hall–Kier alpha value is -2.15. The molecule has 1 unspecified atom stereocenters. The summed E-state index contributed by atoms with van der Waals surface area (Å²) in [5, 5.41) is 22.7. The van der Waals surface area contributed by atoms with Crippen LogP contribution in [-0.4, -0.2) is 35.2 Å². The summed E-state index contributed by atoms with van der Waals surface area (Å²) in [6, 6.07) is 3.58. The first kappa shape index (κ1) is 15.9. The van der Waals surface area contributed by atoms with Crippen molar-refractivity contribution >= 4 is 11.7 Å². The van der Waals surface area contributed by atoms with E-state index in [1.807, 2.05) is 6.92 Å². The lowest BCUT2D eigenvalue weighted by atomic mass is 10.2. The zero-order valence-corrected chi connectivity index (χ0v) is 11.5. The highest BCUT2D eigenvalue weighted by Gasteiger charge is 2.20. The molecule has 0 aliphatic rings. The minimum atomic E-state index is -1.05. The molecule has 0 heterocycles. The first-order chi connectivity index (χ1) is 9.45. The van der Waals surface area contributed by atoms with E-state index in [9.17, 15) is 14.9 Å². The van der Waals surface area contributed by atoms with Gasteiger partial charge in [-0.2, -0.15) is 0 Å². The van der Waals surface area contributed by atoms with E-state index >= 15 is 0 Å². The molecule has 0 aliphatic heterocycles. The molecule has 0 fully saturated rings. The van der Waals surface area contributed by atoms with Gasteiger partial charge in [-0.15, -0.1) is 0 Å². The Labute approximate surface area is 116 Å². The molecule has 2 N–H and O–H groups in total. The quantitative estimate of drug-likeness (QED) is 0.556. The highest BCUT2D eigenvalue weighted by molar-refractivity contribution is 5.73. The Morgan fingerprint density at radius 2 is 2.25 bits per heavy atom. The highest BCUT2D eigenvalue weighted by Crippen LogP contribution is 2.27. The van der Waals surface area contributed by atoms with Gasteiger partial charge in [0.2, 0.25) is 0 Å². The van der Waals surface area contributed by atoms with Crippen LogP contribution in [0.3, 0.4) is 0 Å². The second-order valence-electron chi connectivity index (χ2n) is 4.38. The standard InChI is InChI=1S/C13H18N2O5/c1-3-6-14-10(13(16)17)8-20-12-7-9(2)4-5-11(12)15(18)19/h4-5,7,10,14H,3,6,8H2,1-2H3,(H,16,17). The number of nitro groups is 1. The van der Waals surface area contributed by atoms with E-state index < -0.39 is 16.9 Å². The van der Waals surface area contributed by atoms with Crippen molar-refractivity contribution in [1.29, 1.82) is 0 Å². The summed E-state index contributed by atoms with van der Waals surface area (Å²) in [4.78, 5) is 21.4. The van der Waals surface area contributed by atoms with Gasteiger partial charge in [-0.1, -0.05) is 13.0 Å². The number of rotatable bonds is 8.